The van der Waals surface area contributed by atoms with Crippen molar-refractivity contribution in [2.45, 2.75) is 17.5 Å². The molecule has 0 unspecified atom stereocenters. The van der Waals surface area contributed by atoms with E-state index in [4.69, 9.17) is 9.72 Å². The van der Waals surface area contributed by atoms with Crippen LogP contribution in [0.2, 0.25) is 0 Å². The Kier molecular flexibility index (Phi) is 6.69. The van der Waals surface area contributed by atoms with Crippen LogP contribution < -0.4 is 5.56 Å². The summed E-state index contributed by atoms with van der Waals surface area (Å²) in [6.07, 6.45) is 3.51. The van der Waals surface area contributed by atoms with Crippen LogP contribution in [0.25, 0.3) is 10.9 Å². The summed E-state index contributed by atoms with van der Waals surface area (Å²) in [5, 5.41) is 1.12. The summed E-state index contributed by atoms with van der Waals surface area (Å²) in [6.45, 7) is 2.64. The zero-order valence-corrected chi connectivity index (χ0v) is 19.4. The second-order valence-electron chi connectivity index (χ2n) is 8.05. The minimum atomic E-state index is -0.114. The highest BCUT2D eigenvalue weighted by molar-refractivity contribution is 7.98. The second kappa shape index (κ2) is 10.2. The van der Waals surface area contributed by atoms with E-state index in [0.717, 1.165) is 11.1 Å². The third-order valence-corrected chi connectivity index (χ3v) is 6.81. The molecule has 0 spiro atoms. The Hall–Kier alpha value is -3.49. The van der Waals surface area contributed by atoms with E-state index in [2.05, 4.69) is 4.98 Å². The van der Waals surface area contributed by atoms with E-state index >= 15 is 0 Å². The topological polar surface area (TPSA) is 77.3 Å². The Balaban J connectivity index is 1.53. The molecule has 0 radical (unpaired) electrons. The van der Waals surface area contributed by atoms with Crippen molar-refractivity contribution in [3.8, 4) is 0 Å². The summed E-state index contributed by atoms with van der Waals surface area (Å²) < 4.78 is 7.07. The molecular formula is C26H24N4O3S. The fourth-order valence-corrected chi connectivity index (χ4v) is 4.88. The van der Waals surface area contributed by atoms with Crippen molar-refractivity contribution in [1.29, 1.82) is 0 Å². The number of amides is 1. The predicted molar refractivity (Wildman–Crippen MR) is 132 cm³/mol. The van der Waals surface area contributed by atoms with E-state index in [9.17, 15) is 9.59 Å². The van der Waals surface area contributed by atoms with Gasteiger partial charge in [-0.2, -0.15) is 0 Å². The highest BCUT2D eigenvalue weighted by Gasteiger charge is 2.20. The van der Waals surface area contributed by atoms with E-state index in [1.165, 1.54) is 11.8 Å². The Bertz CT molecular complexity index is 1350. The van der Waals surface area contributed by atoms with Crippen molar-refractivity contribution in [2.75, 3.05) is 26.3 Å². The number of rotatable bonds is 6. The number of benzene rings is 2. The number of nitrogens with zero attached hydrogens (tertiary/aromatic N) is 4. The molecule has 2 aromatic heterocycles. The molecule has 1 aliphatic rings. The van der Waals surface area contributed by atoms with Gasteiger partial charge in [0.2, 0.25) is 0 Å². The number of aromatic nitrogens is 3. The largest absolute Gasteiger partial charge is 0.378 e. The Morgan fingerprint density at radius 3 is 2.50 bits per heavy atom. The van der Waals surface area contributed by atoms with Gasteiger partial charge in [0.15, 0.2) is 5.16 Å². The van der Waals surface area contributed by atoms with E-state index in [1.807, 2.05) is 42.5 Å². The van der Waals surface area contributed by atoms with Crippen LogP contribution in [0.1, 0.15) is 21.5 Å². The molecule has 1 fully saturated rings. The first-order chi connectivity index (χ1) is 16.7. The zero-order chi connectivity index (χ0) is 23.3. The monoisotopic (exact) mass is 472 g/mol. The van der Waals surface area contributed by atoms with Crippen LogP contribution in [0.15, 0.2) is 83.0 Å². The van der Waals surface area contributed by atoms with Gasteiger partial charge in [0, 0.05) is 36.8 Å². The highest BCUT2D eigenvalue weighted by atomic mass is 32.2. The predicted octanol–water partition coefficient (Wildman–Crippen LogP) is 3.60. The van der Waals surface area contributed by atoms with Gasteiger partial charge in [-0.05, 0) is 41.5 Å². The van der Waals surface area contributed by atoms with E-state index < -0.39 is 0 Å². The summed E-state index contributed by atoms with van der Waals surface area (Å²) in [7, 11) is 0. The molecule has 172 valence electrons. The van der Waals surface area contributed by atoms with Crippen molar-refractivity contribution < 1.29 is 9.53 Å². The maximum atomic E-state index is 13.5. The molecule has 34 heavy (non-hydrogen) atoms. The molecule has 3 heterocycles. The van der Waals surface area contributed by atoms with E-state index in [0.29, 0.717) is 60.2 Å². The summed E-state index contributed by atoms with van der Waals surface area (Å²) in [5.74, 6) is 0.591. The fraction of sp³-hybridized carbons (Fsp3) is 0.231. The Morgan fingerprint density at radius 2 is 1.74 bits per heavy atom. The SMILES string of the molecule is O=C(c1ccc2c(=O)n(Cc3ccccc3)c(SCc3ccncc3)nc2c1)N1CCOCC1. The van der Waals surface area contributed by atoms with Crippen molar-refractivity contribution in [2.24, 2.45) is 0 Å². The van der Waals surface area contributed by atoms with Gasteiger partial charge < -0.3 is 9.64 Å². The van der Waals surface area contributed by atoms with Gasteiger partial charge in [-0.3, -0.25) is 19.1 Å². The van der Waals surface area contributed by atoms with Crippen LogP contribution in [0.4, 0.5) is 0 Å². The number of morpholine rings is 1. The lowest BCUT2D eigenvalue weighted by atomic mass is 10.1. The normalized spacial score (nSPS) is 13.8. The number of fused-ring (bicyclic) bond motifs is 1. The lowest BCUT2D eigenvalue weighted by Crippen LogP contribution is -2.40. The quantitative estimate of drug-likeness (QED) is 0.315. The van der Waals surface area contributed by atoms with Crippen LogP contribution in [0.5, 0.6) is 0 Å². The standard InChI is InChI=1S/C26H24N4O3S/c31-24(29-12-14-33-15-13-29)21-6-7-22-23(16-21)28-26(34-18-20-8-10-27-11-9-20)30(25(22)32)17-19-4-2-1-3-5-19/h1-11,16H,12-15,17-18H2. The van der Waals surface area contributed by atoms with Crippen LogP contribution in [0, 0.1) is 0 Å². The van der Waals surface area contributed by atoms with Gasteiger partial charge in [-0.15, -0.1) is 0 Å². The maximum absolute atomic E-state index is 13.5. The fourth-order valence-electron chi connectivity index (χ4n) is 3.93. The second-order valence-corrected chi connectivity index (χ2v) is 8.99. The number of ether oxygens (including phenoxy) is 1. The molecule has 0 N–H and O–H groups in total. The lowest BCUT2D eigenvalue weighted by molar-refractivity contribution is 0.0303. The molecule has 8 heteroatoms. The highest BCUT2D eigenvalue weighted by Crippen LogP contribution is 2.23. The minimum absolute atomic E-state index is 0.0635. The first-order valence-electron chi connectivity index (χ1n) is 11.2. The summed E-state index contributed by atoms with van der Waals surface area (Å²) >= 11 is 1.50. The van der Waals surface area contributed by atoms with Gasteiger partial charge in [-0.25, -0.2) is 4.98 Å². The molecule has 1 aliphatic heterocycles. The molecule has 0 bridgehead atoms. The molecule has 1 saturated heterocycles. The van der Waals surface area contributed by atoms with Crippen molar-refractivity contribution >= 4 is 28.6 Å². The minimum Gasteiger partial charge on any atom is -0.378 e. The molecule has 0 saturated carbocycles. The van der Waals surface area contributed by atoms with Gasteiger partial charge in [0.1, 0.15) is 0 Å². The number of hydrogen-bond acceptors (Lipinski definition) is 6. The molecule has 2 aromatic carbocycles. The number of thioether (sulfide) groups is 1. The number of carbonyl (C=O) groups excluding carboxylic acids is 1. The molecule has 7 nitrogen and oxygen atoms in total. The van der Waals surface area contributed by atoms with Crippen molar-refractivity contribution in [3.63, 3.8) is 0 Å². The smallest absolute Gasteiger partial charge is 0.262 e. The van der Waals surface area contributed by atoms with Crippen LogP contribution >= 0.6 is 11.8 Å². The third-order valence-electron chi connectivity index (χ3n) is 5.77. The first kappa shape index (κ1) is 22.3. The first-order valence-corrected chi connectivity index (χ1v) is 12.1. The number of pyridine rings is 1. The Labute approximate surface area is 201 Å². The van der Waals surface area contributed by atoms with Gasteiger partial charge >= 0.3 is 0 Å². The van der Waals surface area contributed by atoms with Crippen LogP contribution in [0.3, 0.4) is 0 Å². The molecule has 4 aromatic rings. The summed E-state index contributed by atoms with van der Waals surface area (Å²) in [5.41, 5.74) is 3.07. The molecule has 5 rings (SSSR count). The van der Waals surface area contributed by atoms with Gasteiger partial charge in [0.05, 0.1) is 30.7 Å². The molecule has 0 atom stereocenters. The third kappa shape index (κ3) is 4.88. The summed E-state index contributed by atoms with van der Waals surface area (Å²) in [4.78, 5) is 37.2. The average Bonchev–Trinajstić information content (AvgIpc) is 2.90. The Morgan fingerprint density at radius 1 is 0.971 bits per heavy atom. The van der Waals surface area contributed by atoms with Crippen LogP contribution in [-0.2, 0) is 17.0 Å². The van der Waals surface area contributed by atoms with Crippen LogP contribution in [-0.4, -0.2) is 51.6 Å². The van der Waals surface area contributed by atoms with Crippen molar-refractivity contribution in [3.05, 3.63) is 100 Å². The molecular weight excluding hydrogens is 448 g/mol. The van der Waals surface area contributed by atoms with E-state index in [1.54, 1.807) is 40.1 Å². The number of hydrogen-bond donors (Lipinski definition) is 0. The maximum Gasteiger partial charge on any atom is 0.262 e. The zero-order valence-electron chi connectivity index (χ0n) is 18.6. The lowest BCUT2D eigenvalue weighted by Gasteiger charge is -2.26. The summed E-state index contributed by atoms with van der Waals surface area (Å²) in [6, 6.07) is 19.0. The van der Waals surface area contributed by atoms with E-state index in [-0.39, 0.29) is 11.5 Å². The molecule has 1 amide bonds. The average molecular weight is 473 g/mol. The van der Waals surface area contributed by atoms with Gasteiger partial charge in [0.25, 0.3) is 11.5 Å². The molecule has 0 aliphatic carbocycles. The van der Waals surface area contributed by atoms with Crippen molar-refractivity contribution in [1.82, 2.24) is 19.4 Å². The number of carbonyl (C=O) groups is 1. The van der Waals surface area contributed by atoms with Gasteiger partial charge in [-0.1, -0.05) is 42.1 Å².